The van der Waals surface area contributed by atoms with Crippen molar-refractivity contribution < 1.29 is 17.6 Å². The van der Waals surface area contributed by atoms with Crippen LogP contribution >= 0.6 is 0 Å². The van der Waals surface area contributed by atoms with E-state index in [1.807, 2.05) is 5.32 Å². The molecule has 1 heterocycles. The summed E-state index contributed by atoms with van der Waals surface area (Å²) >= 11 is 0. The molecule has 0 unspecified atom stereocenters. The predicted octanol–water partition coefficient (Wildman–Crippen LogP) is 2.27. The van der Waals surface area contributed by atoms with Gasteiger partial charge in [-0.25, -0.2) is 13.8 Å². The maximum absolute atomic E-state index is 12.5. The lowest BCUT2D eigenvalue weighted by molar-refractivity contribution is -0.117. The molecule has 0 amide bonds. The zero-order valence-corrected chi connectivity index (χ0v) is 7.92. The molecule has 1 N–H and O–H groups in total. The number of anilines is 1. The first kappa shape index (κ1) is 12.2. The van der Waals surface area contributed by atoms with Crippen molar-refractivity contribution in [1.29, 1.82) is 5.26 Å². The number of nitrogens with zero attached hydrogens (tertiary/aromatic N) is 2. The van der Waals surface area contributed by atoms with Crippen molar-refractivity contribution in [2.24, 2.45) is 0 Å². The van der Waals surface area contributed by atoms with Gasteiger partial charge in [0.2, 0.25) is 0 Å². The number of pyridine rings is 1. The molecule has 0 aliphatic heterocycles. The fourth-order valence-electron chi connectivity index (χ4n) is 0.882. The molecule has 3 nitrogen and oxygen atoms in total. The lowest BCUT2D eigenvalue weighted by Crippen LogP contribution is -2.35. The molecule has 0 aromatic carbocycles. The van der Waals surface area contributed by atoms with Crippen molar-refractivity contribution in [3.63, 3.8) is 0 Å². The number of alkyl halides is 4. The molecule has 0 aliphatic rings. The SMILES string of the molecule is N#Cc1ccnc(NCC(F)(F)C(F)F)c1. The Kier molecular flexibility index (Phi) is 3.66. The van der Waals surface area contributed by atoms with Gasteiger partial charge >= 0.3 is 12.3 Å². The summed E-state index contributed by atoms with van der Waals surface area (Å²) in [6, 6.07) is 4.34. The minimum absolute atomic E-state index is 0.0422. The summed E-state index contributed by atoms with van der Waals surface area (Å²) in [4.78, 5) is 3.61. The summed E-state index contributed by atoms with van der Waals surface area (Å²) in [5, 5.41) is 10.6. The van der Waals surface area contributed by atoms with Crippen molar-refractivity contribution in [2.45, 2.75) is 12.3 Å². The van der Waals surface area contributed by atoms with Crippen LogP contribution in [0.25, 0.3) is 0 Å². The van der Waals surface area contributed by atoms with E-state index in [0.717, 1.165) is 0 Å². The maximum Gasteiger partial charge on any atom is 0.324 e. The molecule has 16 heavy (non-hydrogen) atoms. The van der Waals surface area contributed by atoms with Gasteiger partial charge in [-0.3, -0.25) is 0 Å². The average molecular weight is 233 g/mol. The monoisotopic (exact) mass is 233 g/mol. The topological polar surface area (TPSA) is 48.7 Å². The molecule has 0 radical (unpaired) electrons. The molecule has 0 atom stereocenters. The molecule has 0 saturated heterocycles. The van der Waals surface area contributed by atoms with Crippen LogP contribution in [-0.2, 0) is 0 Å². The van der Waals surface area contributed by atoms with Crippen molar-refractivity contribution in [3.05, 3.63) is 23.9 Å². The number of hydrogen-bond acceptors (Lipinski definition) is 3. The van der Waals surface area contributed by atoms with Crippen molar-refractivity contribution in [2.75, 3.05) is 11.9 Å². The summed E-state index contributed by atoms with van der Waals surface area (Å²) < 4.78 is 48.6. The number of nitrogens with one attached hydrogen (secondary N) is 1. The van der Waals surface area contributed by atoms with Gasteiger partial charge in [0.1, 0.15) is 5.82 Å². The molecule has 1 aromatic heterocycles. The van der Waals surface area contributed by atoms with Crippen molar-refractivity contribution in [3.8, 4) is 6.07 Å². The molecule has 1 aromatic rings. The zero-order valence-electron chi connectivity index (χ0n) is 7.92. The van der Waals surface area contributed by atoms with E-state index in [1.54, 1.807) is 6.07 Å². The summed E-state index contributed by atoms with van der Waals surface area (Å²) in [5.41, 5.74) is 0.206. The van der Waals surface area contributed by atoms with E-state index in [9.17, 15) is 17.6 Å². The highest BCUT2D eigenvalue weighted by Gasteiger charge is 2.40. The van der Waals surface area contributed by atoms with Crippen LogP contribution in [0.3, 0.4) is 0 Å². The van der Waals surface area contributed by atoms with Gasteiger partial charge in [0.15, 0.2) is 0 Å². The fourth-order valence-corrected chi connectivity index (χ4v) is 0.882. The third kappa shape index (κ3) is 3.08. The highest BCUT2D eigenvalue weighted by molar-refractivity contribution is 5.42. The predicted molar refractivity (Wildman–Crippen MR) is 48.4 cm³/mol. The van der Waals surface area contributed by atoms with Crippen LogP contribution in [0.15, 0.2) is 18.3 Å². The quantitative estimate of drug-likeness (QED) is 0.811. The smallest absolute Gasteiger partial charge is 0.324 e. The fraction of sp³-hybridized carbons (Fsp3) is 0.333. The van der Waals surface area contributed by atoms with Crippen LogP contribution in [-0.4, -0.2) is 23.9 Å². The summed E-state index contributed by atoms with van der Waals surface area (Å²) in [5.74, 6) is -4.16. The van der Waals surface area contributed by atoms with E-state index in [-0.39, 0.29) is 11.4 Å². The first-order valence-electron chi connectivity index (χ1n) is 4.21. The van der Waals surface area contributed by atoms with Gasteiger partial charge in [-0.1, -0.05) is 0 Å². The van der Waals surface area contributed by atoms with Crippen LogP contribution in [0.5, 0.6) is 0 Å². The average Bonchev–Trinajstić information content (AvgIpc) is 2.26. The number of rotatable bonds is 4. The molecule has 86 valence electrons. The van der Waals surface area contributed by atoms with Gasteiger partial charge in [0.25, 0.3) is 0 Å². The Balaban J connectivity index is 2.65. The largest absolute Gasteiger partial charge is 0.364 e. The van der Waals surface area contributed by atoms with E-state index in [4.69, 9.17) is 5.26 Å². The van der Waals surface area contributed by atoms with E-state index in [1.165, 1.54) is 18.3 Å². The second-order valence-electron chi connectivity index (χ2n) is 2.96. The van der Waals surface area contributed by atoms with Gasteiger partial charge in [-0.15, -0.1) is 0 Å². The molecular formula is C9H7F4N3. The highest BCUT2D eigenvalue weighted by atomic mass is 19.3. The Morgan fingerprint density at radius 2 is 2.19 bits per heavy atom. The molecule has 1 rings (SSSR count). The molecule has 0 saturated carbocycles. The van der Waals surface area contributed by atoms with Gasteiger partial charge in [0, 0.05) is 6.20 Å². The van der Waals surface area contributed by atoms with E-state index >= 15 is 0 Å². The number of nitriles is 1. The highest BCUT2D eigenvalue weighted by Crippen LogP contribution is 2.22. The van der Waals surface area contributed by atoms with Crippen LogP contribution in [0.1, 0.15) is 5.56 Å². The van der Waals surface area contributed by atoms with Crippen molar-refractivity contribution in [1.82, 2.24) is 4.98 Å². The Hall–Kier alpha value is -1.84. The van der Waals surface area contributed by atoms with Crippen LogP contribution in [0, 0.1) is 11.3 Å². The summed E-state index contributed by atoms with van der Waals surface area (Å²) in [6.45, 7) is -1.23. The zero-order chi connectivity index (χ0) is 12.2. The first-order valence-corrected chi connectivity index (χ1v) is 4.21. The Labute approximate surface area is 88.7 Å². The molecule has 0 bridgehead atoms. The van der Waals surface area contributed by atoms with Gasteiger partial charge in [0.05, 0.1) is 18.2 Å². The summed E-state index contributed by atoms with van der Waals surface area (Å²) in [6.07, 6.45) is -2.51. The van der Waals surface area contributed by atoms with E-state index in [2.05, 4.69) is 4.98 Å². The van der Waals surface area contributed by atoms with Crippen LogP contribution in [0.2, 0.25) is 0 Å². The van der Waals surface area contributed by atoms with E-state index in [0.29, 0.717) is 0 Å². The third-order valence-electron chi connectivity index (χ3n) is 1.71. The normalized spacial score (nSPS) is 11.2. The van der Waals surface area contributed by atoms with Crippen LogP contribution < -0.4 is 5.32 Å². The van der Waals surface area contributed by atoms with Crippen molar-refractivity contribution >= 4 is 5.82 Å². The Morgan fingerprint density at radius 3 is 2.75 bits per heavy atom. The number of hydrogen-bond donors (Lipinski definition) is 1. The van der Waals surface area contributed by atoms with Crippen LogP contribution in [0.4, 0.5) is 23.4 Å². The third-order valence-corrected chi connectivity index (χ3v) is 1.71. The lowest BCUT2D eigenvalue weighted by atomic mass is 10.3. The van der Waals surface area contributed by atoms with E-state index < -0.39 is 18.9 Å². The number of halogens is 4. The molecule has 0 fully saturated rings. The lowest BCUT2D eigenvalue weighted by Gasteiger charge is -2.15. The molecule has 0 spiro atoms. The number of aromatic nitrogens is 1. The van der Waals surface area contributed by atoms with Gasteiger partial charge < -0.3 is 5.32 Å². The Morgan fingerprint density at radius 1 is 1.50 bits per heavy atom. The second-order valence-corrected chi connectivity index (χ2v) is 2.96. The first-order chi connectivity index (χ1) is 7.45. The minimum Gasteiger partial charge on any atom is -0.364 e. The standard InChI is InChI=1S/C9H7F4N3/c10-8(11)9(12,13)5-16-7-3-6(4-14)1-2-15-7/h1-3,8H,5H2,(H,15,16). The van der Waals surface area contributed by atoms with Gasteiger partial charge in [-0.05, 0) is 12.1 Å². The maximum atomic E-state index is 12.5. The molecular weight excluding hydrogens is 226 g/mol. The van der Waals surface area contributed by atoms with Gasteiger partial charge in [-0.2, -0.15) is 14.0 Å². The summed E-state index contributed by atoms with van der Waals surface area (Å²) in [7, 11) is 0. The second kappa shape index (κ2) is 4.79. The molecule has 0 aliphatic carbocycles. The molecule has 7 heteroatoms. The minimum atomic E-state index is -4.12. The Bertz CT molecular complexity index is 400.